The molecule has 4 nitrogen and oxygen atoms in total. The molecule has 1 aliphatic rings. The molecule has 1 aromatic carbocycles. The highest BCUT2D eigenvalue weighted by atomic mass is 16.5. The molecule has 1 saturated carbocycles. The van der Waals surface area contributed by atoms with Crippen LogP contribution >= 0.6 is 0 Å². The molecule has 0 amide bonds. The molecule has 2 rings (SSSR count). The summed E-state index contributed by atoms with van der Waals surface area (Å²) >= 11 is 0. The number of hydrogen-bond donors (Lipinski definition) is 2. The number of aliphatic hydroxyl groups is 1. The zero-order chi connectivity index (χ0) is 14.5. The predicted octanol–water partition coefficient (Wildman–Crippen LogP) is 2.40. The molecule has 2 atom stereocenters. The van der Waals surface area contributed by atoms with Crippen molar-refractivity contribution in [3.05, 3.63) is 23.8 Å². The molecule has 20 heavy (non-hydrogen) atoms. The maximum atomic E-state index is 10.1. The summed E-state index contributed by atoms with van der Waals surface area (Å²) in [7, 11) is 2.07. The van der Waals surface area contributed by atoms with E-state index in [9.17, 15) is 5.11 Å². The Kier molecular flexibility index (Phi) is 5.26. The number of hydrogen-bond acceptors (Lipinski definition) is 4. The minimum absolute atomic E-state index is 0.217. The predicted molar refractivity (Wildman–Crippen MR) is 81.8 cm³/mol. The molecule has 0 saturated heterocycles. The van der Waals surface area contributed by atoms with Crippen LogP contribution in [0, 0.1) is 0 Å². The molecule has 1 aliphatic carbocycles. The Balaban J connectivity index is 2.09. The van der Waals surface area contributed by atoms with E-state index in [1.54, 1.807) is 0 Å². The number of rotatable bonds is 5. The summed E-state index contributed by atoms with van der Waals surface area (Å²) in [6.45, 7) is 3.38. The highest BCUT2D eigenvalue weighted by molar-refractivity contribution is 5.47. The van der Waals surface area contributed by atoms with Crippen molar-refractivity contribution in [3.63, 3.8) is 0 Å². The number of aliphatic hydroxyl groups excluding tert-OH is 1. The van der Waals surface area contributed by atoms with Crippen molar-refractivity contribution >= 4 is 5.69 Å². The quantitative estimate of drug-likeness (QED) is 0.812. The Bertz CT molecular complexity index is 436. The van der Waals surface area contributed by atoms with Crippen LogP contribution in [0.5, 0.6) is 5.75 Å². The van der Waals surface area contributed by atoms with Crippen molar-refractivity contribution in [3.8, 4) is 5.75 Å². The van der Waals surface area contributed by atoms with Crippen molar-refractivity contribution in [1.82, 2.24) is 4.90 Å². The lowest BCUT2D eigenvalue weighted by Gasteiger charge is -2.35. The van der Waals surface area contributed by atoms with Gasteiger partial charge in [-0.3, -0.25) is 4.90 Å². The van der Waals surface area contributed by atoms with Gasteiger partial charge in [-0.25, -0.2) is 0 Å². The smallest absolute Gasteiger partial charge is 0.123 e. The van der Waals surface area contributed by atoms with E-state index >= 15 is 0 Å². The van der Waals surface area contributed by atoms with Gasteiger partial charge in [0.15, 0.2) is 0 Å². The monoisotopic (exact) mass is 278 g/mol. The van der Waals surface area contributed by atoms with Crippen LogP contribution in [0.2, 0.25) is 0 Å². The highest BCUT2D eigenvalue weighted by Gasteiger charge is 2.26. The fourth-order valence-electron chi connectivity index (χ4n) is 3.01. The van der Waals surface area contributed by atoms with Crippen LogP contribution in [-0.2, 0) is 6.54 Å². The van der Waals surface area contributed by atoms with E-state index in [4.69, 9.17) is 10.5 Å². The number of anilines is 1. The Morgan fingerprint density at radius 1 is 1.35 bits per heavy atom. The van der Waals surface area contributed by atoms with E-state index in [1.807, 2.05) is 25.1 Å². The van der Waals surface area contributed by atoms with Gasteiger partial charge in [0, 0.05) is 23.8 Å². The lowest BCUT2D eigenvalue weighted by Crippen LogP contribution is -2.42. The van der Waals surface area contributed by atoms with E-state index in [0.29, 0.717) is 6.61 Å². The number of nitrogens with zero attached hydrogens (tertiary/aromatic N) is 1. The van der Waals surface area contributed by atoms with E-state index in [2.05, 4.69) is 11.9 Å². The summed E-state index contributed by atoms with van der Waals surface area (Å²) in [5, 5.41) is 10.1. The minimum Gasteiger partial charge on any atom is -0.494 e. The van der Waals surface area contributed by atoms with Gasteiger partial charge in [-0.1, -0.05) is 12.8 Å². The van der Waals surface area contributed by atoms with Crippen molar-refractivity contribution in [2.24, 2.45) is 0 Å². The van der Waals surface area contributed by atoms with Gasteiger partial charge in [-0.05, 0) is 45.0 Å². The van der Waals surface area contributed by atoms with Crippen LogP contribution in [0.1, 0.15) is 38.2 Å². The molecule has 0 spiro atoms. The van der Waals surface area contributed by atoms with E-state index < -0.39 is 0 Å². The number of nitrogens with two attached hydrogens (primary N) is 1. The summed E-state index contributed by atoms with van der Waals surface area (Å²) < 4.78 is 5.66. The summed E-state index contributed by atoms with van der Waals surface area (Å²) in [5.74, 6) is 0.888. The Hall–Kier alpha value is -1.26. The van der Waals surface area contributed by atoms with Crippen LogP contribution in [0.4, 0.5) is 5.69 Å². The molecule has 0 aliphatic heterocycles. The SMILES string of the molecule is CCOc1ccc(N)cc1CN(C)C1CCCCC1O. The third-order valence-electron chi connectivity index (χ3n) is 4.06. The van der Waals surface area contributed by atoms with Gasteiger partial charge in [0.2, 0.25) is 0 Å². The van der Waals surface area contributed by atoms with Crippen LogP contribution in [0.25, 0.3) is 0 Å². The molecular formula is C16H26N2O2. The third-order valence-corrected chi connectivity index (χ3v) is 4.06. The molecule has 4 heteroatoms. The molecule has 0 radical (unpaired) electrons. The molecule has 0 aromatic heterocycles. The van der Waals surface area contributed by atoms with Crippen LogP contribution in [-0.4, -0.2) is 35.8 Å². The first kappa shape index (κ1) is 15.1. The van der Waals surface area contributed by atoms with Gasteiger partial charge in [0.1, 0.15) is 5.75 Å². The molecule has 2 unspecified atom stereocenters. The van der Waals surface area contributed by atoms with E-state index in [1.165, 1.54) is 6.42 Å². The largest absolute Gasteiger partial charge is 0.494 e. The third kappa shape index (κ3) is 3.64. The minimum atomic E-state index is -0.217. The normalized spacial score (nSPS) is 23.0. The zero-order valence-electron chi connectivity index (χ0n) is 12.5. The lowest BCUT2D eigenvalue weighted by molar-refractivity contribution is 0.0285. The van der Waals surface area contributed by atoms with Gasteiger partial charge >= 0.3 is 0 Å². The average Bonchev–Trinajstić information content (AvgIpc) is 2.42. The Morgan fingerprint density at radius 2 is 2.10 bits per heavy atom. The number of benzene rings is 1. The molecule has 1 aromatic rings. The van der Waals surface area contributed by atoms with E-state index in [-0.39, 0.29) is 12.1 Å². The van der Waals surface area contributed by atoms with Crippen molar-refractivity contribution in [2.75, 3.05) is 19.4 Å². The second-order valence-corrected chi connectivity index (χ2v) is 5.63. The van der Waals surface area contributed by atoms with Gasteiger partial charge in [0.25, 0.3) is 0 Å². The van der Waals surface area contributed by atoms with E-state index in [0.717, 1.165) is 42.8 Å². The molecular weight excluding hydrogens is 252 g/mol. The maximum Gasteiger partial charge on any atom is 0.123 e. The fraction of sp³-hybridized carbons (Fsp3) is 0.625. The van der Waals surface area contributed by atoms with Crippen molar-refractivity contribution in [1.29, 1.82) is 0 Å². The summed E-state index contributed by atoms with van der Waals surface area (Å²) in [5.41, 5.74) is 7.72. The Morgan fingerprint density at radius 3 is 2.80 bits per heavy atom. The average molecular weight is 278 g/mol. The van der Waals surface area contributed by atoms with Crippen LogP contribution < -0.4 is 10.5 Å². The first-order valence-electron chi connectivity index (χ1n) is 7.51. The molecule has 3 N–H and O–H groups in total. The summed E-state index contributed by atoms with van der Waals surface area (Å²) in [6, 6.07) is 6.00. The van der Waals surface area contributed by atoms with Gasteiger partial charge in [0.05, 0.1) is 12.7 Å². The van der Waals surface area contributed by atoms with Gasteiger partial charge < -0.3 is 15.6 Å². The molecule has 112 valence electrons. The van der Waals surface area contributed by atoms with Gasteiger partial charge in [-0.2, -0.15) is 0 Å². The zero-order valence-corrected chi connectivity index (χ0v) is 12.5. The second-order valence-electron chi connectivity index (χ2n) is 5.63. The maximum absolute atomic E-state index is 10.1. The molecule has 0 bridgehead atoms. The lowest BCUT2D eigenvalue weighted by atomic mass is 9.91. The standard InChI is InChI=1S/C16H26N2O2/c1-3-20-16-9-8-13(17)10-12(16)11-18(2)14-6-4-5-7-15(14)19/h8-10,14-15,19H,3-7,11,17H2,1-2H3. The molecule has 0 heterocycles. The van der Waals surface area contributed by atoms with Crippen LogP contribution in [0.15, 0.2) is 18.2 Å². The summed E-state index contributed by atoms with van der Waals surface area (Å²) in [4.78, 5) is 2.22. The van der Waals surface area contributed by atoms with Crippen LogP contribution in [0.3, 0.4) is 0 Å². The number of likely N-dealkylation sites (N-methyl/N-ethyl adjacent to an activating group) is 1. The van der Waals surface area contributed by atoms with Crippen molar-refractivity contribution in [2.45, 2.75) is 51.3 Å². The highest BCUT2D eigenvalue weighted by Crippen LogP contribution is 2.27. The number of ether oxygens (including phenoxy) is 1. The first-order valence-corrected chi connectivity index (χ1v) is 7.51. The van der Waals surface area contributed by atoms with Gasteiger partial charge in [-0.15, -0.1) is 0 Å². The first-order chi connectivity index (χ1) is 9.61. The molecule has 1 fully saturated rings. The second kappa shape index (κ2) is 6.95. The summed E-state index contributed by atoms with van der Waals surface area (Å²) in [6.07, 6.45) is 4.08. The topological polar surface area (TPSA) is 58.7 Å². The fourth-order valence-corrected chi connectivity index (χ4v) is 3.01. The number of nitrogen functional groups attached to an aromatic ring is 1. The Labute approximate surface area is 121 Å². The van der Waals surface area contributed by atoms with Crippen molar-refractivity contribution < 1.29 is 9.84 Å².